The third kappa shape index (κ3) is 5.48. The van der Waals surface area contributed by atoms with Crippen molar-refractivity contribution in [3.05, 3.63) is 75.2 Å². The van der Waals surface area contributed by atoms with Crippen LogP contribution in [0.15, 0.2) is 53.9 Å². The van der Waals surface area contributed by atoms with E-state index in [9.17, 15) is 19.7 Å². The number of carbonyl (C=O) groups is 2. The van der Waals surface area contributed by atoms with Crippen LogP contribution in [0.5, 0.6) is 0 Å². The number of rotatable bonds is 8. The molecule has 3 aromatic rings. The highest BCUT2D eigenvalue weighted by Crippen LogP contribution is 2.26. The number of benzene rings is 2. The third-order valence-corrected chi connectivity index (χ3v) is 5.09. The van der Waals surface area contributed by atoms with Gasteiger partial charge in [0.1, 0.15) is 5.56 Å². The lowest BCUT2D eigenvalue weighted by Crippen LogP contribution is -2.21. The molecule has 9 heteroatoms. The van der Waals surface area contributed by atoms with Gasteiger partial charge in [0, 0.05) is 30.5 Å². The SMILES string of the molecule is CC(=O)NCCCc1ccc(-c2csc(NC(=O)c3ccccc3[N+](=O)[O-])n2)cc1. The molecule has 154 valence electrons. The molecule has 0 radical (unpaired) electrons. The van der Waals surface area contributed by atoms with E-state index in [0.29, 0.717) is 17.4 Å². The largest absolute Gasteiger partial charge is 0.356 e. The number of nitrogens with one attached hydrogen (secondary N) is 2. The van der Waals surface area contributed by atoms with Crippen LogP contribution in [0.4, 0.5) is 10.8 Å². The molecule has 2 N–H and O–H groups in total. The van der Waals surface area contributed by atoms with Gasteiger partial charge >= 0.3 is 0 Å². The van der Waals surface area contributed by atoms with Crippen molar-refractivity contribution >= 4 is 34.0 Å². The summed E-state index contributed by atoms with van der Waals surface area (Å²) in [4.78, 5) is 38.2. The minimum atomic E-state index is -0.583. The zero-order chi connectivity index (χ0) is 21.5. The summed E-state index contributed by atoms with van der Waals surface area (Å²) in [6.45, 7) is 2.15. The molecular formula is C21H20N4O4S. The van der Waals surface area contributed by atoms with Crippen molar-refractivity contribution < 1.29 is 14.5 Å². The maximum atomic E-state index is 12.4. The van der Waals surface area contributed by atoms with E-state index in [1.54, 1.807) is 6.07 Å². The van der Waals surface area contributed by atoms with Gasteiger partial charge in [0.2, 0.25) is 5.91 Å². The van der Waals surface area contributed by atoms with Gasteiger partial charge in [-0.15, -0.1) is 11.3 Å². The number of aromatic nitrogens is 1. The molecular weight excluding hydrogens is 404 g/mol. The molecule has 0 unspecified atom stereocenters. The zero-order valence-corrected chi connectivity index (χ0v) is 17.1. The van der Waals surface area contributed by atoms with Crippen molar-refractivity contribution in [2.45, 2.75) is 19.8 Å². The molecule has 0 aliphatic rings. The second kappa shape index (κ2) is 9.75. The van der Waals surface area contributed by atoms with Crippen molar-refractivity contribution in [1.29, 1.82) is 0 Å². The lowest BCUT2D eigenvalue weighted by Gasteiger charge is -2.04. The third-order valence-electron chi connectivity index (χ3n) is 4.34. The standard InChI is InChI=1S/C21H20N4O4S/c1-14(26)22-12-4-5-15-8-10-16(11-9-15)18-13-30-21(23-18)24-20(27)17-6-2-3-7-19(17)25(28)29/h2-3,6-11,13H,4-5,12H2,1H3,(H,22,26)(H,23,24,27). The molecule has 0 fully saturated rings. The van der Waals surface area contributed by atoms with Crippen molar-refractivity contribution in [2.24, 2.45) is 0 Å². The van der Waals surface area contributed by atoms with Gasteiger partial charge in [-0.2, -0.15) is 0 Å². The number of nitrogens with zero attached hydrogens (tertiary/aromatic N) is 2. The second-order valence-electron chi connectivity index (χ2n) is 6.55. The summed E-state index contributed by atoms with van der Waals surface area (Å²) in [5.41, 5.74) is 2.51. The number of nitro benzene ring substituents is 1. The number of carbonyl (C=O) groups excluding carboxylic acids is 2. The first kappa shape index (κ1) is 21.1. The molecule has 0 spiro atoms. The van der Waals surface area contributed by atoms with Crippen LogP contribution in [0.3, 0.4) is 0 Å². The van der Waals surface area contributed by atoms with E-state index in [1.807, 2.05) is 29.6 Å². The molecule has 0 aliphatic carbocycles. The monoisotopic (exact) mass is 424 g/mol. The van der Waals surface area contributed by atoms with Gasteiger partial charge in [-0.1, -0.05) is 36.4 Å². The number of hydrogen-bond acceptors (Lipinski definition) is 6. The van der Waals surface area contributed by atoms with Crippen molar-refractivity contribution in [1.82, 2.24) is 10.3 Å². The fourth-order valence-corrected chi connectivity index (χ4v) is 3.57. The van der Waals surface area contributed by atoms with Gasteiger partial charge < -0.3 is 5.32 Å². The number of hydrogen-bond donors (Lipinski definition) is 2. The minimum Gasteiger partial charge on any atom is -0.356 e. The van der Waals surface area contributed by atoms with E-state index in [2.05, 4.69) is 15.6 Å². The Kier molecular flexibility index (Phi) is 6.87. The number of para-hydroxylation sites is 1. The van der Waals surface area contributed by atoms with Crippen LogP contribution >= 0.6 is 11.3 Å². The first-order valence-electron chi connectivity index (χ1n) is 9.28. The average Bonchev–Trinajstić information content (AvgIpc) is 3.20. The number of nitro groups is 1. The minimum absolute atomic E-state index is 0.0112. The summed E-state index contributed by atoms with van der Waals surface area (Å²) in [5, 5.41) is 18.7. The van der Waals surface area contributed by atoms with Gasteiger partial charge in [-0.05, 0) is 24.5 Å². The van der Waals surface area contributed by atoms with Gasteiger partial charge in [0.25, 0.3) is 11.6 Å². The fourth-order valence-electron chi connectivity index (χ4n) is 2.85. The second-order valence-corrected chi connectivity index (χ2v) is 7.41. The summed E-state index contributed by atoms with van der Waals surface area (Å²) in [6.07, 6.45) is 1.71. The lowest BCUT2D eigenvalue weighted by atomic mass is 10.1. The highest BCUT2D eigenvalue weighted by Gasteiger charge is 2.20. The molecule has 2 amide bonds. The highest BCUT2D eigenvalue weighted by molar-refractivity contribution is 7.14. The summed E-state index contributed by atoms with van der Waals surface area (Å²) in [7, 11) is 0. The van der Waals surface area contributed by atoms with Crippen molar-refractivity contribution in [3.8, 4) is 11.3 Å². The Balaban J connectivity index is 1.63. The maximum Gasteiger partial charge on any atom is 0.282 e. The molecule has 0 saturated heterocycles. The normalized spacial score (nSPS) is 10.4. The Hall–Kier alpha value is -3.59. The Morgan fingerprint density at radius 1 is 1.13 bits per heavy atom. The number of thiazole rings is 1. The van der Waals surface area contributed by atoms with E-state index >= 15 is 0 Å². The predicted molar refractivity (Wildman–Crippen MR) is 116 cm³/mol. The molecule has 0 bridgehead atoms. The number of aryl methyl sites for hydroxylation is 1. The number of anilines is 1. The van der Waals surface area contributed by atoms with E-state index in [-0.39, 0.29) is 17.2 Å². The van der Waals surface area contributed by atoms with Crippen LogP contribution < -0.4 is 10.6 Å². The van der Waals surface area contributed by atoms with Crippen LogP contribution in [0.25, 0.3) is 11.3 Å². The van der Waals surface area contributed by atoms with Crippen molar-refractivity contribution in [2.75, 3.05) is 11.9 Å². The molecule has 1 heterocycles. The summed E-state index contributed by atoms with van der Waals surface area (Å²) in [5.74, 6) is -0.601. The number of amides is 2. The average molecular weight is 424 g/mol. The molecule has 0 saturated carbocycles. The van der Waals surface area contributed by atoms with E-state index < -0.39 is 10.8 Å². The van der Waals surface area contributed by atoms with Gasteiger partial charge in [-0.3, -0.25) is 25.0 Å². The van der Waals surface area contributed by atoms with Crippen LogP contribution in [-0.4, -0.2) is 28.3 Å². The van der Waals surface area contributed by atoms with Gasteiger partial charge in [-0.25, -0.2) is 4.98 Å². The molecule has 8 nitrogen and oxygen atoms in total. The van der Waals surface area contributed by atoms with Crippen molar-refractivity contribution in [3.63, 3.8) is 0 Å². The van der Waals surface area contributed by atoms with E-state index in [4.69, 9.17) is 0 Å². The molecule has 2 aromatic carbocycles. The topological polar surface area (TPSA) is 114 Å². The van der Waals surface area contributed by atoms with E-state index in [1.165, 1.54) is 36.5 Å². The van der Waals surface area contributed by atoms with Crippen LogP contribution in [0.2, 0.25) is 0 Å². The molecule has 1 aromatic heterocycles. The fraction of sp³-hybridized carbons (Fsp3) is 0.190. The quantitative estimate of drug-likeness (QED) is 0.322. The first-order chi connectivity index (χ1) is 14.4. The maximum absolute atomic E-state index is 12.4. The van der Waals surface area contributed by atoms with E-state index in [0.717, 1.165) is 24.0 Å². The Bertz CT molecular complexity index is 1060. The molecule has 3 rings (SSSR count). The molecule has 30 heavy (non-hydrogen) atoms. The Morgan fingerprint density at radius 2 is 1.87 bits per heavy atom. The smallest absolute Gasteiger partial charge is 0.282 e. The van der Waals surface area contributed by atoms with Gasteiger partial charge in [0.15, 0.2) is 5.13 Å². The zero-order valence-electron chi connectivity index (χ0n) is 16.3. The Morgan fingerprint density at radius 3 is 2.57 bits per heavy atom. The Labute approximate surface area is 177 Å². The van der Waals surface area contributed by atoms with Crippen LogP contribution in [0.1, 0.15) is 29.3 Å². The molecule has 0 aliphatic heterocycles. The summed E-state index contributed by atoms with van der Waals surface area (Å²) in [6, 6.07) is 13.7. The highest BCUT2D eigenvalue weighted by atomic mass is 32.1. The predicted octanol–water partition coefficient (Wildman–Crippen LogP) is 4.04. The lowest BCUT2D eigenvalue weighted by molar-refractivity contribution is -0.385. The summed E-state index contributed by atoms with van der Waals surface area (Å²) < 4.78 is 0. The van der Waals surface area contributed by atoms with Crippen LogP contribution in [0, 0.1) is 10.1 Å². The first-order valence-corrected chi connectivity index (χ1v) is 10.2. The van der Waals surface area contributed by atoms with Gasteiger partial charge in [0.05, 0.1) is 10.6 Å². The summed E-state index contributed by atoms with van der Waals surface area (Å²) >= 11 is 1.25. The van der Waals surface area contributed by atoms with Crippen LogP contribution in [-0.2, 0) is 11.2 Å². The molecule has 0 atom stereocenters.